The molecule has 1 N–H and O–H groups in total. The molecule has 1 rings (SSSR count). The summed E-state index contributed by atoms with van der Waals surface area (Å²) in [7, 11) is -1.46. The molecule has 1 aliphatic rings. The fraction of sp³-hybridized carbons (Fsp3) is 0.875. The van der Waals surface area contributed by atoms with Crippen molar-refractivity contribution in [2.75, 3.05) is 6.61 Å². The summed E-state index contributed by atoms with van der Waals surface area (Å²) < 4.78 is 11.5. The van der Waals surface area contributed by atoms with Crippen LogP contribution in [-0.2, 0) is 9.47 Å². The van der Waals surface area contributed by atoms with Gasteiger partial charge in [0.15, 0.2) is 6.29 Å². The maximum absolute atomic E-state index is 10.3. The van der Waals surface area contributed by atoms with Crippen LogP contribution in [-0.4, -0.2) is 38.3 Å². The quantitative estimate of drug-likeness (QED) is 0.604. The number of ether oxygens (including phenoxy) is 2. The smallest absolute Gasteiger partial charge is 0.159 e. The van der Waals surface area contributed by atoms with Crippen LogP contribution in [0.5, 0.6) is 0 Å². The first kappa shape index (κ1) is 17.7. The molecule has 0 aromatic heterocycles. The fourth-order valence-electron chi connectivity index (χ4n) is 2.06. The van der Waals surface area contributed by atoms with Gasteiger partial charge in [-0.3, -0.25) is 0 Å². The van der Waals surface area contributed by atoms with Gasteiger partial charge in [-0.15, -0.1) is 5.54 Å². The van der Waals surface area contributed by atoms with E-state index >= 15 is 0 Å². The molecular weight excluding hydrogens is 268 g/mol. The van der Waals surface area contributed by atoms with Crippen LogP contribution in [0, 0.1) is 11.5 Å². The zero-order chi connectivity index (χ0) is 15.0. The minimum Gasteiger partial charge on any atom is -0.389 e. The predicted octanol–water partition coefficient (Wildman–Crippen LogP) is 3.33. The minimum atomic E-state index is -1.46. The molecule has 0 bridgehead atoms. The van der Waals surface area contributed by atoms with Crippen molar-refractivity contribution >= 4 is 8.07 Å². The molecule has 0 radical (unpaired) electrons. The largest absolute Gasteiger partial charge is 0.389 e. The normalized spacial score (nSPS) is 22.8. The van der Waals surface area contributed by atoms with Crippen molar-refractivity contribution < 1.29 is 14.6 Å². The number of hydrogen-bond acceptors (Lipinski definition) is 3. The van der Waals surface area contributed by atoms with Gasteiger partial charge in [0.05, 0.1) is 6.10 Å². The van der Waals surface area contributed by atoms with Crippen LogP contribution >= 0.6 is 0 Å². The molecule has 3 atom stereocenters. The van der Waals surface area contributed by atoms with E-state index in [1.807, 2.05) is 0 Å². The zero-order valence-electron chi connectivity index (χ0n) is 13.4. The molecule has 3 nitrogen and oxygen atoms in total. The highest BCUT2D eigenvalue weighted by atomic mass is 28.3. The molecule has 4 heteroatoms. The molecule has 0 amide bonds. The standard InChI is InChI=1S/C16H30O3Si/c1-5-6-9-14(17)15(11-13-20(2,3)4)19-16-10-7-8-12-18-16/h14-17H,5-10,12H2,1-4H3. The summed E-state index contributed by atoms with van der Waals surface area (Å²) in [5.41, 5.74) is 3.32. The molecule has 1 saturated heterocycles. The zero-order valence-corrected chi connectivity index (χ0v) is 14.4. The Kier molecular flexibility index (Phi) is 7.82. The highest BCUT2D eigenvalue weighted by molar-refractivity contribution is 6.83. The summed E-state index contributed by atoms with van der Waals surface area (Å²) in [4.78, 5) is 0. The fourth-order valence-corrected chi connectivity index (χ4v) is 2.63. The highest BCUT2D eigenvalue weighted by Gasteiger charge is 2.24. The number of hydrogen-bond donors (Lipinski definition) is 1. The Balaban J connectivity index is 2.63. The maximum atomic E-state index is 10.3. The summed E-state index contributed by atoms with van der Waals surface area (Å²) in [6, 6.07) is 0. The van der Waals surface area contributed by atoms with E-state index in [-0.39, 0.29) is 6.29 Å². The van der Waals surface area contributed by atoms with Crippen LogP contribution in [0.3, 0.4) is 0 Å². The van der Waals surface area contributed by atoms with Gasteiger partial charge < -0.3 is 14.6 Å². The van der Waals surface area contributed by atoms with Gasteiger partial charge in [0.25, 0.3) is 0 Å². The number of unbranched alkanes of at least 4 members (excludes halogenated alkanes) is 1. The van der Waals surface area contributed by atoms with Crippen molar-refractivity contribution in [2.45, 2.75) is 83.6 Å². The van der Waals surface area contributed by atoms with E-state index in [0.29, 0.717) is 0 Å². The average Bonchev–Trinajstić information content (AvgIpc) is 2.41. The van der Waals surface area contributed by atoms with Crippen LogP contribution in [0.2, 0.25) is 19.6 Å². The first-order chi connectivity index (χ1) is 9.42. The first-order valence-electron chi connectivity index (χ1n) is 7.90. The third-order valence-electron chi connectivity index (χ3n) is 3.23. The Labute approximate surface area is 125 Å². The molecule has 0 aliphatic carbocycles. The van der Waals surface area contributed by atoms with E-state index in [0.717, 1.165) is 45.1 Å². The lowest BCUT2D eigenvalue weighted by molar-refractivity contribution is -0.193. The summed E-state index contributed by atoms with van der Waals surface area (Å²) >= 11 is 0. The van der Waals surface area contributed by atoms with E-state index in [4.69, 9.17) is 9.47 Å². The van der Waals surface area contributed by atoms with Crippen LogP contribution in [0.4, 0.5) is 0 Å². The summed E-state index contributed by atoms with van der Waals surface area (Å²) in [6.45, 7) is 9.48. The Morgan fingerprint density at radius 2 is 2.10 bits per heavy atom. The summed E-state index contributed by atoms with van der Waals surface area (Å²) in [6.07, 6.45) is 4.85. The SMILES string of the molecule is CCCCC(O)C(C#C[Si](C)(C)C)OC1CCCCO1. The Hall–Kier alpha value is -0.343. The molecule has 0 spiro atoms. The van der Waals surface area contributed by atoms with E-state index in [1.165, 1.54) is 0 Å². The molecule has 1 fully saturated rings. The van der Waals surface area contributed by atoms with Gasteiger partial charge in [0, 0.05) is 6.61 Å². The Morgan fingerprint density at radius 1 is 1.35 bits per heavy atom. The maximum Gasteiger partial charge on any atom is 0.159 e. The third-order valence-corrected chi connectivity index (χ3v) is 4.12. The van der Waals surface area contributed by atoms with Gasteiger partial charge in [-0.1, -0.05) is 45.3 Å². The lowest BCUT2D eigenvalue weighted by Gasteiger charge is -2.28. The third kappa shape index (κ3) is 7.44. The first-order valence-corrected chi connectivity index (χ1v) is 11.4. The van der Waals surface area contributed by atoms with Crippen molar-refractivity contribution in [3.8, 4) is 11.5 Å². The van der Waals surface area contributed by atoms with Crippen LogP contribution in [0.25, 0.3) is 0 Å². The van der Waals surface area contributed by atoms with Crippen LogP contribution in [0.1, 0.15) is 45.4 Å². The van der Waals surface area contributed by atoms with Crippen LogP contribution in [0.15, 0.2) is 0 Å². The molecule has 1 heterocycles. The molecule has 3 unspecified atom stereocenters. The van der Waals surface area contributed by atoms with Gasteiger partial charge in [-0.05, 0) is 25.7 Å². The van der Waals surface area contributed by atoms with Gasteiger partial charge in [-0.25, -0.2) is 0 Å². The number of aliphatic hydroxyl groups is 1. The van der Waals surface area contributed by atoms with E-state index in [2.05, 4.69) is 38.0 Å². The topological polar surface area (TPSA) is 38.7 Å². The second-order valence-corrected chi connectivity index (χ2v) is 11.3. The van der Waals surface area contributed by atoms with Crippen molar-refractivity contribution in [3.63, 3.8) is 0 Å². The van der Waals surface area contributed by atoms with Gasteiger partial charge in [0.2, 0.25) is 0 Å². The van der Waals surface area contributed by atoms with Crippen LogP contribution < -0.4 is 0 Å². The van der Waals surface area contributed by atoms with Crippen molar-refractivity contribution in [1.82, 2.24) is 0 Å². The van der Waals surface area contributed by atoms with Crippen molar-refractivity contribution in [1.29, 1.82) is 0 Å². The molecule has 0 aromatic rings. The predicted molar refractivity (Wildman–Crippen MR) is 85.1 cm³/mol. The van der Waals surface area contributed by atoms with Gasteiger partial charge >= 0.3 is 0 Å². The number of rotatable bonds is 6. The molecule has 0 saturated carbocycles. The summed E-state index contributed by atoms with van der Waals surface area (Å²) in [5, 5.41) is 10.3. The Bertz CT molecular complexity index is 321. The molecule has 116 valence electrons. The average molecular weight is 298 g/mol. The lowest BCUT2D eigenvalue weighted by Crippen LogP contribution is -2.35. The van der Waals surface area contributed by atoms with Gasteiger partial charge in [-0.2, -0.15) is 0 Å². The second-order valence-electron chi connectivity index (χ2n) is 6.58. The Morgan fingerprint density at radius 3 is 2.65 bits per heavy atom. The van der Waals surface area contributed by atoms with E-state index in [1.54, 1.807) is 0 Å². The van der Waals surface area contributed by atoms with Gasteiger partial charge in [0.1, 0.15) is 14.2 Å². The number of aliphatic hydroxyl groups excluding tert-OH is 1. The van der Waals surface area contributed by atoms with Crippen molar-refractivity contribution in [2.24, 2.45) is 0 Å². The minimum absolute atomic E-state index is 0.194. The molecule has 1 aliphatic heterocycles. The lowest BCUT2D eigenvalue weighted by atomic mass is 10.1. The highest BCUT2D eigenvalue weighted by Crippen LogP contribution is 2.18. The molecule has 0 aromatic carbocycles. The molecular formula is C16H30O3Si. The monoisotopic (exact) mass is 298 g/mol. The van der Waals surface area contributed by atoms with Crippen molar-refractivity contribution in [3.05, 3.63) is 0 Å². The van der Waals surface area contributed by atoms with E-state index in [9.17, 15) is 5.11 Å². The second kappa shape index (κ2) is 8.84. The van der Waals surface area contributed by atoms with E-state index < -0.39 is 20.3 Å². The molecule has 20 heavy (non-hydrogen) atoms. The summed E-state index contributed by atoms with van der Waals surface area (Å²) in [5.74, 6) is 3.18.